The van der Waals surface area contributed by atoms with Crippen molar-refractivity contribution in [2.24, 2.45) is 23.7 Å². The maximum absolute atomic E-state index is 13.7. The van der Waals surface area contributed by atoms with E-state index < -0.39 is 76.9 Å². The number of ether oxygens (including phenoxy) is 2. The minimum atomic E-state index is -4.62. The lowest BCUT2D eigenvalue weighted by atomic mass is 9.94. The number of H-pyrrole nitrogens is 2. The third-order valence-electron chi connectivity index (χ3n) is 13.2. The van der Waals surface area contributed by atoms with Crippen LogP contribution < -0.4 is 21.3 Å². The first kappa shape index (κ1) is 57.6. The number of nitrogens with one attached hydrogen (secondary N) is 6. The van der Waals surface area contributed by atoms with E-state index in [2.05, 4.69) is 37.2 Å². The van der Waals surface area contributed by atoms with E-state index in [9.17, 15) is 51.5 Å². The Kier molecular flexibility index (Phi) is 20.6. The molecule has 2 aromatic heterocycles. The molecule has 0 saturated carbocycles. The molecule has 4 heterocycles. The van der Waals surface area contributed by atoms with Crippen molar-refractivity contribution in [2.45, 2.75) is 89.9 Å². The van der Waals surface area contributed by atoms with Crippen molar-refractivity contribution in [1.29, 1.82) is 0 Å². The summed E-state index contributed by atoms with van der Waals surface area (Å²) in [4.78, 5) is 110. The van der Waals surface area contributed by atoms with Crippen LogP contribution in [0, 0.1) is 36.0 Å². The van der Waals surface area contributed by atoms with E-state index in [1.807, 2.05) is 0 Å². The number of esters is 2. The van der Waals surface area contributed by atoms with Crippen LogP contribution in [0.25, 0.3) is 22.5 Å². The fraction of sp³-hybridized carbons (Fsp3) is 0.393. The van der Waals surface area contributed by atoms with E-state index in [0.717, 1.165) is 17.7 Å². The molecule has 2 saturated heterocycles. The number of hydrogen-bond acceptors (Lipinski definition) is 10. The molecule has 6 rings (SSSR count). The molecule has 2 aromatic carbocycles. The van der Waals surface area contributed by atoms with Crippen molar-refractivity contribution in [3.63, 3.8) is 0 Å². The Morgan fingerprint density at radius 3 is 1.80 bits per heavy atom. The number of amides is 4. The highest BCUT2D eigenvalue weighted by Crippen LogP contribution is 2.37. The number of aromatic amines is 2. The first-order chi connectivity index (χ1) is 36.4. The van der Waals surface area contributed by atoms with Crippen molar-refractivity contribution in [1.82, 2.24) is 31.2 Å². The molecule has 0 spiro atoms. The number of ketones is 2. The summed E-state index contributed by atoms with van der Waals surface area (Å²) in [5.74, 6) is -3.71. The number of benzene rings is 2. The van der Waals surface area contributed by atoms with Gasteiger partial charge in [-0.15, -0.1) is 12.3 Å². The molecule has 4 amide bonds. The Balaban J connectivity index is 1.02. The van der Waals surface area contributed by atoms with E-state index >= 15 is 0 Å². The summed E-state index contributed by atoms with van der Waals surface area (Å²) in [6, 6.07) is 14.7. The molecule has 76 heavy (non-hydrogen) atoms. The van der Waals surface area contributed by atoms with Crippen LogP contribution in [0.5, 0.6) is 0 Å². The third-order valence-corrected chi connectivity index (χ3v) is 13.5. The van der Waals surface area contributed by atoms with Gasteiger partial charge in [-0.25, -0.2) is 9.59 Å². The van der Waals surface area contributed by atoms with Crippen LogP contribution >= 0.6 is 11.6 Å². The molecule has 2 fully saturated rings. The molecular formula is C56H60ClF3N6O10. The molecule has 4 aromatic rings. The minimum absolute atomic E-state index is 0.0397. The molecule has 20 heteroatoms. The van der Waals surface area contributed by atoms with E-state index in [0.29, 0.717) is 42.2 Å². The molecule has 2 aliphatic heterocycles. The fourth-order valence-electron chi connectivity index (χ4n) is 9.04. The highest BCUT2D eigenvalue weighted by molar-refractivity contribution is 6.33. The van der Waals surface area contributed by atoms with Crippen LogP contribution in [-0.4, -0.2) is 95.5 Å². The van der Waals surface area contributed by atoms with Crippen LogP contribution in [0.3, 0.4) is 0 Å². The van der Waals surface area contributed by atoms with Gasteiger partial charge in [0, 0.05) is 103 Å². The molecule has 2 aliphatic rings. The lowest BCUT2D eigenvalue weighted by Gasteiger charge is -2.21. The van der Waals surface area contributed by atoms with Gasteiger partial charge in [-0.2, -0.15) is 13.2 Å². The van der Waals surface area contributed by atoms with E-state index in [-0.39, 0.29) is 98.5 Å². The SMILES string of the molecule is C#CC[C@H](CC(=O)c1ccc(-c2ccc(CCOC(=O)/C=C/[C@H](C[C@@H]3CCNC3=O)NC(=O)[C@H](CC)CC(=O)c3ccc(-c4ccccc4C(F)(F)F)[nH]3)cc2Cl)[nH]1)C(=O)NC(/C=C/C(=O)OCC)C[C@@H]1CCNC1=O. The number of rotatable bonds is 26. The summed E-state index contributed by atoms with van der Waals surface area (Å²) in [5.41, 5.74) is 1.17. The Labute approximate surface area is 442 Å². The van der Waals surface area contributed by atoms with E-state index in [4.69, 9.17) is 27.5 Å². The smallest absolute Gasteiger partial charge is 0.417 e. The number of halogens is 4. The van der Waals surface area contributed by atoms with Crippen molar-refractivity contribution >= 4 is 58.7 Å². The normalized spacial score (nSPS) is 17.1. The van der Waals surface area contributed by atoms with Gasteiger partial charge >= 0.3 is 18.1 Å². The van der Waals surface area contributed by atoms with Gasteiger partial charge in [0.05, 0.1) is 41.1 Å². The van der Waals surface area contributed by atoms with Gasteiger partial charge in [-0.3, -0.25) is 28.8 Å². The molecule has 402 valence electrons. The molecule has 0 bridgehead atoms. The lowest BCUT2D eigenvalue weighted by molar-refractivity contribution is -0.138. The molecule has 6 atom stereocenters. The second-order valence-electron chi connectivity index (χ2n) is 18.5. The zero-order chi connectivity index (χ0) is 54.9. The average Bonchev–Trinajstić information content (AvgIpc) is 4.24. The quantitative estimate of drug-likeness (QED) is 0.0156. The van der Waals surface area contributed by atoms with Crippen LogP contribution in [-0.2, 0) is 50.8 Å². The maximum Gasteiger partial charge on any atom is 0.417 e. The van der Waals surface area contributed by atoms with Gasteiger partial charge in [-0.1, -0.05) is 61.0 Å². The van der Waals surface area contributed by atoms with Crippen LogP contribution in [0.15, 0.2) is 91.0 Å². The maximum atomic E-state index is 13.7. The predicted octanol–water partition coefficient (Wildman–Crippen LogP) is 7.64. The van der Waals surface area contributed by atoms with Crippen molar-refractivity contribution in [2.75, 3.05) is 26.3 Å². The largest absolute Gasteiger partial charge is 0.463 e. The van der Waals surface area contributed by atoms with Gasteiger partial charge in [0.1, 0.15) is 0 Å². The zero-order valence-electron chi connectivity index (χ0n) is 42.0. The number of carbonyl (C=O) groups is 8. The average molecular weight is 1070 g/mol. The van der Waals surface area contributed by atoms with Crippen LogP contribution in [0.4, 0.5) is 13.2 Å². The second-order valence-corrected chi connectivity index (χ2v) is 18.9. The lowest BCUT2D eigenvalue weighted by Crippen LogP contribution is -2.40. The fourth-order valence-corrected chi connectivity index (χ4v) is 9.34. The third kappa shape index (κ3) is 16.1. The van der Waals surface area contributed by atoms with Gasteiger partial charge in [-0.05, 0) is 81.0 Å². The summed E-state index contributed by atoms with van der Waals surface area (Å²) in [6.45, 7) is 4.44. The summed E-state index contributed by atoms with van der Waals surface area (Å²) >= 11 is 6.71. The van der Waals surface area contributed by atoms with Crippen LogP contribution in [0.2, 0.25) is 5.02 Å². The molecule has 0 aliphatic carbocycles. The molecule has 16 nitrogen and oxygen atoms in total. The number of alkyl halides is 3. The Hall–Kier alpha value is -7.72. The van der Waals surface area contributed by atoms with Gasteiger partial charge in [0.25, 0.3) is 0 Å². The van der Waals surface area contributed by atoms with Crippen molar-refractivity contribution in [3.05, 3.63) is 119 Å². The molecular weight excluding hydrogens is 1010 g/mol. The number of Topliss-reactive ketones (excluding diaryl/α,β-unsaturated/α-hetero) is 2. The van der Waals surface area contributed by atoms with Crippen molar-refractivity contribution in [3.8, 4) is 34.9 Å². The number of terminal acetylenes is 1. The summed E-state index contributed by atoms with van der Waals surface area (Å²) < 4.78 is 51.5. The van der Waals surface area contributed by atoms with Crippen LogP contribution in [0.1, 0.15) is 97.3 Å². The standard InChI is InChI=1S/C56H60ClF3N6O10/c1-4-9-35(55(74)64-39(13-20-50(69)75-6-3)30-37-23-26-62-53(37)72)32-49(68)47-19-17-45(66-47)41-15-12-33(28-43(41)57)24-27-76-51(70)21-14-38(29-36-22-25-61-52(36)71)63-54(73)34(5-2)31-48(67)46-18-16-44(65-46)40-10-7-8-11-42(40)56(58,59)60/h1,7-8,10-21,28,34-39,65-66H,5-6,9,22-27,29-32H2,2-3H3,(H,61,71)(H,62,72)(H,63,73)(H,64,74)/b20-13+,21-14+/t34-,35-,36+,37+,38-,39?/m1/s1. The first-order valence-corrected chi connectivity index (χ1v) is 25.4. The molecule has 1 unspecified atom stereocenters. The van der Waals surface area contributed by atoms with Gasteiger partial charge < -0.3 is 40.7 Å². The summed E-state index contributed by atoms with van der Waals surface area (Å²) in [5, 5.41) is 11.6. The topological polar surface area (TPSA) is 235 Å². The molecule has 0 radical (unpaired) electrons. The van der Waals surface area contributed by atoms with Gasteiger partial charge in [0.2, 0.25) is 23.6 Å². The van der Waals surface area contributed by atoms with Crippen molar-refractivity contribution < 1.29 is 61.0 Å². The highest BCUT2D eigenvalue weighted by Gasteiger charge is 2.35. The first-order valence-electron chi connectivity index (χ1n) is 25.1. The van der Waals surface area contributed by atoms with E-state index in [1.165, 1.54) is 48.6 Å². The Morgan fingerprint density at radius 2 is 1.29 bits per heavy atom. The monoisotopic (exact) mass is 1070 g/mol. The minimum Gasteiger partial charge on any atom is -0.463 e. The zero-order valence-corrected chi connectivity index (χ0v) is 42.7. The molecule has 6 N–H and O–H groups in total. The Bertz CT molecular complexity index is 2880. The number of carbonyl (C=O) groups excluding carboxylic acids is 8. The summed E-state index contributed by atoms with van der Waals surface area (Å²) in [7, 11) is 0. The second kappa shape index (κ2) is 27.2. The number of aromatic nitrogens is 2. The predicted molar refractivity (Wildman–Crippen MR) is 276 cm³/mol. The Morgan fingerprint density at radius 1 is 0.750 bits per heavy atom. The highest BCUT2D eigenvalue weighted by atomic mass is 35.5. The summed E-state index contributed by atoms with van der Waals surface area (Å²) in [6.07, 6.45) is 7.68. The number of hydrogen-bond donors (Lipinski definition) is 6. The van der Waals surface area contributed by atoms with Gasteiger partial charge in [0.15, 0.2) is 11.6 Å². The van der Waals surface area contributed by atoms with E-state index in [1.54, 1.807) is 44.2 Å².